The molecule has 6 nitrogen and oxygen atoms in total. The lowest BCUT2D eigenvalue weighted by molar-refractivity contribution is 0.0691. The molecule has 0 aromatic carbocycles. The molecule has 0 spiro atoms. The summed E-state index contributed by atoms with van der Waals surface area (Å²) in [6.45, 7) is 3.74. The van der Waals surface area contributed by atoms with Gasteiger partial charge in [-0.3, -0.25) is 0 Å². The third-order valence-corrected chi connectivity index (χ3v) is 2.64. The van der Waals surface area contributed by atoms with Crippen molar-refractivity contribution in [1.29, 1.82) is 0 Å². The number of carbonyl (C=O) groups is 2. The van der Waals surface area contributed by atoms with Gasteiger partial charge in [0.15, 0.2) is 5.69 Å². The average molecular weight is 248 g/mol. The molecule has 0 aliphatic carbocycles. The van der Waals surface area contributed by atoms with Crippen molar-refractivity contribution in [2.45, 2.75) is 19.8 Å². The lowest BCUT2D eigenvalue weighted by atomic mass is 10.2. The zero-order valence-electron chi connectivity index (χ0n) is 9.91. The third kappa shape index (κ3) is 1.71. The van der Waals surface area contributed by atoms with Gasteiger partial charge >= 0.3 is 11.9 Å². The maximum Gasteiger partial charge on any atom is 0.356 e. The normalized spacial score (nSPS) is 11.1. The van der Waals surface area contributed by atoms with Crippen LogP contribution < -0.4 is 0 Å². The number of hydrogen-bond donors (Lipinski definition) is 2. The van der Waals surface area contributed by atoms with Gasteiger partial charge in [-0.05, 0) is 12.1 Å². The van der Waals surface area contributed by atoms with Gasteiger partial charge in [-0.25, -0.2) is 14.6 Å². The van der Waals surface area contributed by atoms with Crippen molar-refractivity contribution in [2.75, 3.05) is 0 Å². The largest absolute Gasteiger partial charge is 0.478 e. The molecule has 0 fully saturated rings. The van der Waals surface area contributed by atoms with Gasteiger partial charge in [0, 0.05) is 12.1 Å². The predicted octanol–water partition coefficient (Wildman–Crippen LogP) is 1.85. The molecule has 0 aliphatic rings. The van der Waals surface area contributed by atoms with Gasteiger partial charge in [0.2, 0.25) is 0 Å². The fourth-order valence-corrected chi connectivity index (χ4v) is 1.89. The summed E-state index contributed by atoms with van der Waals surface area (Å²) in [5.41, 5.74) is -0.160. The Morgan fingerprint density at radius 1 is 1.28 bits per heavy atom. The van der Waals surface area contributed by atoms with Crippen molar-refractivity contribution in [1.82, 2.24) is 9.38 Å². The number of carboxylic acids is 2. The van der Waals surface area contributed by atoms with E-state index in [9.17, 15) is 9.59 Å². The van der Waals surface area contributed by atoms with Crippen LogP contribution in [-0.4, -0.2) is 31.5 Å². The number of carboxylic acid groups (broad SMARTS) is 2. The highest BCUT2D eigenvalue weighted by Gasteiger charge is 2.23. The Morgan fingerprint density at radius 2 is 1.94 bits per heavy atom. The number of aromatic nitrogens is 2. The van der Waals surface area contributed by atoms with E-state index < -0.39 is 11.9 Å². The molecule has 0 saturated heterocycles. The van der Waals surface area contributed by atoms with Crippen LogP contribution in [0.2, 0.25) is 0 Å². The van der Waals surface area contributed by atoms with E-state index in [-0.39, 0.29) is 22.7 Å². The van der Waals surface area contributed by atoms with E-state index in [4.69, 9.17) is 10.2 Å². The van der Waals surface area contributed by atoms with E-state index in [1.165, 1.54) is 10.5 Å². The summed E-state index contributed by atoms with van der Waals surface area (Å²) in [6.07, 6.45) is 1.62. The molecule has 0 saturated carbocycles. The van der Waals surface area contributed by atoms with Gasteiger partial charge in [0.1, 0.15) is 5.82 Å². The smallest absolute Gasteiger partial charge is 0.356 e. The number of pyridine rings is 1. The third-order valence-electron chi connectivity index (χ3n) is 2.64. The molecule has 2 N–H and O–H groups in total. The molecular formula is C12H12N2O4. The fourth-order valence-electron chi connectivity index (χ4n) is 1.89. The highest BCUT2D eigenvalue weighted by Crippen LogP contribution is 2.22. The van der Waals surface area contributed by atoms with Gasteiger partial charge in [-0.2, -0.15) is 0 Å². The van der Waals surface area contributed by atoms with Crippen molar-refractivity contribution in [3.8, 4) is 0 Å². The summed E-state index contributed by atoms with van der Waals surface area (Å²) in [7, 11) is 0. The van der Waals surface area contributed by atoms with Crippen molar-refractivity contribution in [2.24, 2.45) is 0 Å². The van der Waals surface area contributed by atoms with Gasteiger partial charge in [0.25, 0.3) is 0 Å². The second kappa shape index (κ2) is 4.14. The number of nitrogens with zero attached hydrogens (tertiary/aromatic N) is 2. The molecule has 2 aromatic heterocycles. The summed E-state index contributed by atoms with van der Waals surface area (Å²) in [5, 5.41) is 18.2. The van der Waals surface area contributed by atoms with Gasteiger partial charge in [0.05, 0.1) is 11.1 Å². The van der Waals surface area contributed by atoms with Gasteiger partial charge in [-0.15, -0.1) is 0 Å². The Bertz CT molecular complexity index is 643. The second-order valence-corrected chi connectivity index (χ2v) is 4.22. The Kier molecular flexibility index (Phi) is 2.78. The van der Waals surface area contributed by atoms with Crippen molar-refractivity contribution < 1.29 is 19.8 Å². The highest BCUT2D eigenvalue weighted by molar-refractivity contribution is 6.03. The monoisotopic (exact) mass is 248 g/mol. The van der Waals surface area contributed by atoms with Crippen molar-refractivity contribution in [3.05, 3.63) is 35.4 Å². The zero-order chi connectivity index (χ0) is 13.4. The van der Waals surface area contributed by atoms with E-state index in [0.717, 1.165) is 0 Å². The summed E-state index contributed by atoms with van der Waals surface area (Å²) < 4.78 is 1.53. The Hall–Kier alpha value is -2.37. The minimum atomic E-state index is -1.23. The fraction of sp³-hybridized carbons (Fsp3) is 0.250. The first-order valence-corrected chi connectivity index (χ1v) is 5.41. The van der Waals surface area contributed by atoms with Crippen LogP contribution in [-0.2, 0) is 0 Å². The van der Waals surface area contributed by atoms with Crippen LogP contribution in [0.1, 0.15) is 46.4 Å². The first-order valence-electron chi connectivity index (χ1n) is 5.41. The summed E-state index contributed by atoms with van der Waals surface area (Å²) in [5.74, 6) is -1.87. The van der Waals surface area contributed by atoms with E-state index in [2.05, 4.69) is 4.98 Å². The van der Waals surface area contributed by atoms with Crippen LogP contribution in [0.5, 0.6) is 0 Å². The molecule has 0 unspecified atom stereocenters. The minimum Gasteiger partial charge on any atom is -0.478 e. The number of aromatic carboxylic acids is 2. The highest BCUT2D eigenvalue weighted by atomic mass is 16.4. The van der Waals surface area contributed by atoms with Gasteiger partial charge < -0.3 is 14.6 Å². The standard InChI is InChI=1S/C12H12N2O4/c1-6(2)10-13-8(12(17)18)9-7(11(15)16)4-3-5-14(9)10/h3-6H,1-2H3,(H,15,16)(H,17,18). The number of rotatable bonds is 3. The summed E-state index contributed by atoms with van der Waals surface area (Å²) in [6, 6.07) is 2.94. The minimum absolute atomic E-state index is 0.00496. The van der Waals surface area contributed by atoms with Crippen LogP contribution in [0.3, 0.4) is 0 Å². The quantitative estimate of drug-likeness (QED) is 0.864. The average Bonchev–Trinajstić information content (AvgIpc) is 2.67. The molecule has 2 aromatic rings. The molecule has 2 heterocycles. The molecule has 0 bridgehead atoms. The lowest BCUT2D eigenvalue weighted by Gasteiger charge is -2.04. The van der Waals surface area contributed by atoms with Gasteiger partial charge in [-0.1, -0.05) is 13.8 Å². The lowest BCUT2D eigenvalue weighted by Crippen LogP contribution is -2.04. The molecule has 2 rings (SSSR count). The van der Waals surface area contributed by atoms with E-state index in [0.29, 0.717) is 5.82 Å². The molecule has 94 valence electrons. The number of fused-ring (bicyclic) bond motifs is 1. The van der Waals surface area contributed by atoms with Crippen LogP contribution >= 0.6 is 0 Å². The first-order chi connectivity index (χ1) is 8.43. The van der Waals surface area contributed by atoms with Crippen LogP contribution in [0.15, 0.2) is 18.3 Å². The Morgan fingerprint density at radius 3 is 2.44 bits per heavy atom. The molecule has 0 atom stereocenters. The first kappa shape index (κ1) is 12.1. The molecule has 18 heavy (non-hydrogen) atoms. The maximum absolute atomic E-state index is 11.2. The molecule has 6 heteroatoms. The predicted molar refractivity (Wildman–Crippen MR) is 63.2 cm³/mol. The van der Waals surface area contributed by atoms with E-state index >= 15 is 0 Å². The Balaban J connectivity index is 2.92. The van der Waals surface area contributed by atoms with Crippen LogP contribution in [0.4, 0.5) is 0 Å². The van der Waals surface area contributed by atoms with E-state index in [1.807, 2.05) is 13.8 Å². The summed E-state index contributed by atoms with van der Waals surface area (Å²) >= 11 is 0. The molecular weight excluding hydrogens is 236 g/mol. The van der Waals surface area contributed by atoms with Crippen LogP contribution in [0.25, 0.3) is 5.52 Å². The van der Waals surface area contributed by atoms with E-state index in [1.54, 1.807) is 12.3 Å². The topological polar surface area (TPSA) is 91.9 Å². The maximum atomic E-state index is 11.2. The molecule has 0 amide bonds. The van der Waals surface area contributed by atoms with Crippen molar-refractivity contribution in [3.63, 3.8) is 0 Å². The molecule has 0 radical (unpaired) electrons. The van der Waals surface area contributed by atoms with Crippen molar-refractivity contribution >= 4 is 17.5 Å². The summed E-state index contributed by atoms with van der Waals surface area (Å²) in [4.78, 5) is 26.3. The van der Waals surface area contributed by atoms with Crippen LogP contribution in [0, 0.1) is 0 Å². The number of hydrogen-bond acceptors (Lipinski definition) is 3. The zero-order valence-corrected chi connectivity index (χ0v) is 9.91. The second-order valence-electron chi connectivity index (χ2n) is 4.22. The Labute approximate surface area is 103 Å². The number of imidazole rings is 1. The SMILES string of the molecule is CC(C)c1nc(C(=O)O)c2c(C(=O)O)cccn12. The molecule has 0 aliphatic heterocycles.